The normalized spacial score (nSPS) is 11.0. The quantitative estimate of drug-likeness (QED) is 0.329. The third-order valence-electron chi connectivity index (χ3n) is 3.21. The summed E-state index contributed by atoms with van der Waals surface area (Å²) in [5, 5.41) is 25.9. The number of anilines is 1. The Labute approximate surface area is 139 Å². The molecule has 118 valence electrons. The first-order valence-electron chi connectivity index (χ1n) is 7.09. The molecule has 0 atom stereocenters. The number of aromatic hydroxyl groups is 1. The molecule has 0 heterocycles. The molecule has 2 rings (SSSR count). The highest BCUT2D eigenvalue weighted by atomic mass is 35.5. The Bertz CT molecular complexity index is 781. The molecule has 2 aromatic carbocycles. The van der Waals surface area contributed by atoms with Crippen molar-refractivity contribution in [1.29, 1.82) is 5.26 Å². The lowest BCUT2D eigenvalue weighted by molar-refractivity contribution is -0.112. The van der Waals surface area contributed by atoms with Crippen molar-refractivity contribution >= 4 is 34.0 Å². The number of carbonyl (C=O) groups is 1. The standard InChI is InChI=1S/C17H16ClN3O2/c18-8-3-9-20-11-12(10-19)17(23)21-15-6-1-5-14-13(15)4-2-7-16(14)22/h1-2,4-7,11,20,22H,3,8-9H2,(H,21,23)/b12-11-. The zero-order valence-corrected chi connectivity index (χ0v) is 13.1. The van der Waals surface area contributed by atoms with Gasteiger partial charge in [-0.15, -0.1) is 11.6 Å². The van der Waals surface area contributed by atoms with Crippen LogP contribution in [0.15, 0.2) is 48.2 Å². The van der Waals surface area contributed by atoms with Crippen LogP contribution in [0.25, 0.3) is 10.8 Å². The van der Waals surface area contributed by atoms with E-state index in [4.69, 9.17) is 16.9 Å². The molecule has 0 bridgehead atoms. The van der Waals surface area contributed by atoms with Crippen LogP contribution in [0.1, 0.15) is 6.42 Å². The van der Waals surface area contributed by atoms with Gasteiger partial charge in [0.1, 0.15) is 17.4 Å². The summed E-state index contributed by atoms with van der Waals surface area (Å²) in [6.45, 7) is 0.587. The second-order valence-electron chi connectivity index (χ2n) is 4.80. The maximum atomic E-state index is 12.2. The first kappa shape index (κ1) is 16.7. The van der Waals surface area contributed by atoms with E-state index in [-0.39, 0.29) is 11.3 Å². The van der Waals surface area contributed by atoms with Gasteiger partial charge in [-0.25, -0.2) is 0 Å². The molecule has 0 saturated carbocycles. The van der Waals surface area contributed by atoms with E-state index in [1.807, 2.05) is 6.07 Å². The molecule has 3 N–H and O–H groups in total. The Morgan fingerprint density at radius 1 is 1.26 bits per heavy atom. The smallest absolute Gasteiger partial charge is 0.267 e. The molecule has 0 saturated heterocycles. The summed E-state index contributed by atoms with van der Waals surface area (Å²) in [4.78, 5) is 12.2. The van der Waals surface area contributed by atoms with Crippen molar-refractivity contribution in [2.75, 3.05) is 17.7 Å². The largest absolute Gasteiger partial charge is 0.507 e. The van der Waals surface area contributed by atoms with Gasteiger partial charge < -0.3 is 15.7 Å². The van der Waals surface area contributed by atoms with Crippen molar-refractivity contribution in [2.24, 2.45) is 0 Å². The Balaban J connectivity index is 2.20. The number of rotatable bonds is 6. The van der Waals surface area contributed by atoms with Crippen molar-refractivity contribution in [3.8, 4) is 11.8 Å². The van der Waals surface area contributed by atoms with E-state index in [9.17, 15) is 9.90 Å². The van der Waals surface area contributed by atoms with Gasteiger partial charge in [0.2, 0.25) is 0 Å². The lowest BCUT2D eigenvalue weighted by Crippen LogP contribution is -2.17. The molecule has 0 aliphatic carbocycles. The molecular formula is C17H16ClN3O2. The monoisotopic (exact) mass is 329 g/mol. The first-order valence-corrected chi connectivity index (χ1v) is 7.62. The van der Waals surface area contributed by atoms with Crippen LogP contribution >= 0.6 is 11.6 Å². The van der Waals surface area contributed by atoms with Crippen LogP contribution in [0, 0.1) is 11.3 Å². The number of nitrogens with zero attached hydrogens (tertiary/aromatic N) is 1. The molecular weight excluding hydrogens is 314 g/mol. The van der Waals surface area contributed by atoms with Gasteiger partial charge in [-0.3, -0.25) is 4.79 Å². The number of nitrogens with one attached hydrogen (secondary N) is 2. The summed E-state index contributed by atoms with van der Waals surface area (Å²) < 4.78 is 0. The van der Waals surface area contributed by atoms with Crippen molar-refractivity contribution in [2.45, 2.75) is 6.42 Å². The number of carbonyl (C=O) groups excluding carboxylic acids is 1. The number of hydrogen-bond acceptors (Lipinski definition) is 4. The number of benzene rings is 2. The zero-order valence-electron chi connectivity index (χ0n) is 12.3. The number of alkyl halides is 1. The van der Waals surface area contributed by atoms with E-state index in [1.165, 1.54) is 6.20 Å². The Morgan fingerprint density at radius 3 is 2.74 bits per heavy atom. The average Bonchev–Trinajstić information content (AvgIpc) is 2.56. The minimum absolute atomic E-state index is 0.0308. The molecule has 5 nitrogen and oxygen atoms in total. The summed E-state index contributed by atoms with van der Waals surface area (Å²) in [5.41, 5.74) is 0.502. The number of phenolic OH excluding ortho intramolecular Hbond substituents is 1. The van der Waals surface area contributed by atoms with Gasteiger partial charge >= 0.3 is 0 Å². The first-order chi connectivity index (χ1) is 11.2. The molecule has 0 unspecified atom stereocenters. The molecule has 0 spiro atoms. The molecule has 2 aromatic rings. The number of amides is 1. The number of phenols is 1. The minimum atomic E-state index is -0.512. The molecule has 23 heavy (non-hydrogen) atoms. The molecule has 0 aromatic heterocycles. The summed E-state index contributed by atoms with van der Waals surface area (Å²) in [6.07, 6.45) is 2.12. The van der Waals surface area contributed by atoms with Crippen molar-refractivity contribution in [1.82, 2.24) is 5.32 Å². The zero-order chi connectivity index (χ0) is 16.7. The minimum Gasteiger partial charge on any atom is -0.507 e. The highest BCUT2D eigenvalue weighted by Gasteiger charge is 2.11. The van der Waals surface area contributed by atoms with Gasteiger partial charge in [0.15, 0.2) is 0 Å². The van der Waals surface area contributed by atoms with Crippen molar-refractivity contribution < 1.29 is 9.90 Å². The molecule has 0 radical (unpaired) electrons. The summed E-state index contributed by atoms with van der Waals surface area (Å²) >= 11 is 5.56. The maximum absolute atomic E-state index is 12.2. The van der Waals surface area contributed by atoms with E-state index in [1.54, 1.807) is 36.4 Å². The van der Waals surface area contributed by atoms with Gasteiger partial charge in [0, 0.05) is 35.1 Å². The van der Waals surface area contributed by atoms with Crippen LogP contribution in [-0.4, -0.2) is 23.4 Å². The lowest BCUT2D eigenvalue weighted by Gasteiger charge is -2.09. The molecule has 0 aliphatic rings. The van der Waals surface area contributed by atoms with Crippen LogP contribution < -0.4 is 10.6 Å². The second-order valence-corrected chi connectivity index (χ2v) is 5.18. The lowest BCUT2D eigenvalue weighted by atomic mass is 10.1. The van der Waals surface area contributed by atoms with Crippen LogP contribution in [0.2, 0.25) is 0 Å². The number of hydrogen-bond donors (Lipinski definition) is 3. The van der Waals surface area contributed by atoms with Gasteiger partial charge in [-0.1, -0.05) is 24.3 Å². The SMILES string of the molecule is N#C/C(=C/NCCCCl)C(=O)Nc1cccc2c(O)cccc12. The fourth-order valence-corrected chi connectivity index (χ4v) is 2.22. The van der Waals surface area contributed by atoms with Gasteiger partial charge in [-0.05, 0) is 18.6 Å². The fourth-order valence-electron chi connectivity index (χ4n) is 2.08. The molecule has 0 aliphatic heterocycles. The van der Waals surface area contributed by atoms with E-state index in [0.29, 0.717) is 28.9 Å². The van der Waals surface area contributed by atoms with E-state index >= 15 is 0 Å². The predicted molar refractivity (Wildman–Crippen MR) is 91.3 cm³/mol. The van der Waals surface area contributed by atoms with Gasteiger partial charge in [0.05, 0.1) is 0 Å². The van der Waals surface area contributed by atoms with Crippen LogP contribution in [-0.2, 0) is 4.79 Å². The third-order valence-corrected chi connectivity index (χ3v) is 3.48. The molecule has 1 amide bonds. The Morgan fingerprint density at radius 2 is 2.00 bits per heavy atom. The number of halogens is 1. The number of fused-ring (bicyclic) bond motifs is 1. The maximum Gasteiger partial charge on any atom is 0.267 e. The van der Waals surface area contributed by atoms with Crippen LogP contribution in [0.3, 0.4) is 0 Å². The van der Waals surface area contributed by atoms with Gasteiger partial charge in [0.25, 0.3) is 5.91 Å². The van der Waals surface area contributed by atoms with E-state index in [0.717, 1.165) is 6.42 Å². The molecule has 6 heteroatoms. The highest BCUT2D eigenvalue weighted by molar-refractivity contribution is 6.17. The van der Waals surface area contributed by atoms with Crippen LogP contribution in [0.5, 0.6) is 5.75 Å². The summed E-state index contributed by atoms with van der Waals surface area (Å²) in [6, 6.07) is 12.1. The highest BCUT2D eigenvalue weighted by Crippen LogP contribution is 2.29. The topological polar surface area (TPSA) is 85.2 Å². The summed E-state index contributed by atoms with van der Waals surface area (Å²) in [5.74, 6) is 0.133. The average molecular weight is 330 g/mol. The van der Waals surface area contributed by atoms with Crippen molar-refractivity contribution in [3.05, 3.63) is 48.2 Å². The second kappa shape index (κ2) is 8.06. The van der Waals surface area contributed by atoms with E-state index in [2.05, 4.69) is 10.6 Å². The van der Waals surface area contributed by atoms with Gasteiger partial charge in [-0.2, -0.15) is 5.26 Å². The number of nitriles is 1. The Hall–Kier alpha value is -2.71. The predicted octanol–water partition coefficient (Wildman–Crippen LogP) is 3.11. The Kier molecular flexibility index (Phi) is 5.84. The summed E-state index contributed by atoms with van der Waals surface area (Å²) in [7, 11) is 0. The fraction of sp³-hybridized carbons (Fsp3) is 0.176. The van der Waals surface area contributed by atoms with Crippen LogP contribution in [0.4, 0.5) is 5.69 Å². The van der Waals surface area contributed by atoms with Crippen molar-refractivity contribution in [3.63, 3.8) is 0 Å². The third kappa shape index (κ3) is 4.15. The van der Waals surface area contributed by atoms with E-state index < -0.39 is 5.91 Å². The molecule has 0 fully saturated rings.